The number of carbonyl (C=O) groups is 1. The van der Waals surface area contributed by atoms with Gasteiger partial charge in [0, 0.05) is 6.07 Å². The van der Waals surface area contributed by atoms with E-state index in [2.05, 4.69) is 0 Å². The van der Waals surface area contributed by atoms with Crippen LogP contribution >= 0.6 is 0 Å². The van der Waals surface area contributed by atoms with Crippen LogP contribution in [0.25, 0.3) is 6.08 Å². The van der Waals surface area contributed by atoms with Crippen LogP contribution in [0.1, 0.15) is 15.9 Å². The lowest BCUT2D eigenvalue weighted by Crippen LogP contribution is -1.98. The van der Waals surface area contributed by atoms with Gasteiger partial charge in [-0.15, -0.1) is 0 Å². The van der Waals surface area contributed by atoms with Crippen molar-refractivity contribution in [1.29, 1.82) is 0 Å². The van der Waals surface area contributed by atoms with Gasteiger partial charge >= 0.3 is 0 Å². The van der Waals surface area contributed by atoms with E-state index >= 15 is 0 Å². The zero-order chi connectivity index (χ0) is 15.7. The molecule has 2 aromatic rings. The number of ketones is 1. The number of rotatable bonds is 3. The third-order valence-corrected chi connectivity index (χ3v) is 3.12. The molecular formula is C16H10F2O4. The second kappa shape index (κ2) is 5.48. The summed E-state index contributed by atoms with van der Waals surface area (Å²) in [7, 11) is 0. The Morgan fingerprint density at radius 1 is 1.14 bits per heavy atom. The molecule has 0 spiro atoms. The van der Waals surface area contributed by atoms with Crippen molar-refractivity contribution in [1.82, 2.24) is 0 Å². The van der Waals surface area contributed by atoms with Crippen molar-refractivity contribution in [3.63, 3.8) is 0 Å². The van der Waals surface area contributed by atoms with Crippen molar-refractivity contribution >= 4 is 11.9 Å². The predicted molar refractivity (Wildman–Crippen MR) is 74.0 cm³/mol. The average molecular weight is 304 g/mol. The van der Waals surface area contributed by atoms with E-state index in [4.69, 9.17) is 9.47 Å². The first-order valence-corrected chi connectivity index (χ1v) is 6.34. The number of hydrogen-bond acceptors (Lipinski definition) is 4. The second-order valence-electron chi connectivity index (χ2n) is 4.59. The molecule has 0 bridgehead atoms. The maximum atomic E-state index is 13.2. The van der Waals surface area contributed by atoms with Crippen molar-refractivity contribution in [2.24, 2.45) is 0 Å². The summed E-state index contributed by atoms with van der Waals surface area (Å²) >= 11 is 0. The lowest BCUT2D eigenvalue weighted by molar-refractivity contribution is 0.104. The van der Waals surface area contributed by atoms with Gasteiger partial charge in [0.2, 0.25) is 6.79 Å². The first-order chi connectivity index (χ1) is 10.5. The highest BCUT2D eigenvalue weighted by molar-refractivity contribution is 6.08. The monoisotopic (exact) mass is 304 g/mol. The molecule has 6 heteroatoms. The zero-order valence-electron chi connectivity index (χ0n) is 11.2. The lowest BCUT2D eigenvalue weighted by atomic mass is 10.1. The molecule has 0 saturated heterocycles. The average Bonchev–Trinajstić information content (AvgIpc) is 2.96. The van der Waals surface area contributed by atoms with E-state index in [1.54, 1.807) is 18.2 Å². The van der Waals surface area contributed by atoms with Gasteiger partial charge in [-0.1, -0.05) is 12.1 Å². The fraction of sp³-hybridized carbons (Fsp3) is 0.0625. The molecule has 0 amide bonds. The summed E-state index contributed by atoms with van der Waals surface area (Å²) in [6, 6.07) is 6.34. The first kappa shape index (κ1) is 14.1. The van der Waals surface area contributed by atoms with Crippen LogP contribution in [-0.2, 0) is 0 Å². The Balaban J connectivity index is 1.85. The number of phenolic OH excluding ortho intramolecular Hbond substituents is 1. The Kier molecular flexibility index (Phi) is 3.50. The van der Waals surface area contributed by atoms with E-state index in [0.717, 1.165) is 12.1 Å². The van der Waals surface area contributed by atoms with Gasteiger partial charge in [0.25, 0.3) is 0 Å². The molecule has 0 fully saturated rings. The summed E-state index contributed by atoms with van der Waals surface area (Å²) in [5.41, 5.74) is 0.212. The Morgan fingerprint density at radius 2 is 1.91 bits per heavy atom. The van der Waals surface area contributed by atoms with Crippen molar-refractivity contribution in [2.45, 2.75) is 0 Å². The topological polar surface area (TPSA) is 55.8 Å². The fourth-order valence-corrected chi connectivity index (χ4v) is 2.03. The van der Waals surface area contributed by atoms with Gasteiger partial charge < -0.3 is 14.6 Å². The minimum atomic E-state index is -1.18. The van der Waals surface area contributed by atoms with Gasteiger partial charge in [0.1, 0.15) is 5.82 Å². The van der Waals surface area contributed by atoms with E-state index in [-0.39, 0.29) is 6.79 Å². The number of halogens is 2. The van der Waals surface area contributed by atoms with Crippen LogP contribution in [0, 0.1) is 11.6 Å². The number of carbonyl (C=O) groups excluding carboxylic acids is 1. The molecule has 112 valence electrons. The van der Waals surface area contributed by atoms with E-state index in [1.807, 2.05) is 0 Å². The zero-order valence-corrected chi connectivity index (χ0v) is 11.2. The molecule has 0 aliphatic carbocycles. The van der Waals surface area contributed by atoms with Gasteiger partial charge in [0.15, 0.2) is 28.8 Å². The van der Waals surface area contributed by atoms with Crippen LogP contribution in [0.3, 0.4) is 0 Å². The highest BCUT2D eigenvalue weighted by Gasteiger charge is 2.15. The van der Waals surface area contributed by atoms with Crippen LogP contribution in [0.4, 0.5) is 8.78 Å². The molecule has 1 aliphatic heterocycles. The van der Waals surface area contributed by atoms with Crippen molar-refractivity contribution < 1.29 is 28.2 Å². The molecule has 3 rings (SSSR count). The van der Waals surface area contributed by atoms with E-state index in [9.17, 15) is 18.7 Å². The van der Waals surface area contributed by atoms with Gasteiger partial charge in [-0.05, 0) is 29.8 Å². The van der Waals surface area contributed by atoms with Crippen LogP contribution in [0.5, 0.6) is 17.2 Å². The summed E-state index contributed by atoms with van der Waals surface area (Å²) < 4.78 is 36.7. The number of ether oxygens (including phenoxy) is 2. The maximum absolute atomic E-state index is 13.2. The smallest absolute Gasteiger partial charge is 0.231 e. The Morgan fingerprint density at radius 3 is 2.73 bits per heavy atom. The van der Waals surface area contributed by atoms with Gasteiger partial charge in [-0.2, -0.15) is 0 Å². The normalized spacial score (nSPS) is 12.8. The second-order valence-corrected chi connectivity index (χ2v) is 4.59. The largest absolute Gasteiger partial charge is 0.504 e. The number of aromatic hydroxyl groups is 1. The molecule has 0 unspecified atom stereocenters. The van der Waals surface area contributed by atoms with Gasteiger partial charge in [-0.25, -0.2) is 8.78 Å². The van der Waals surface area contributed by atoms with E-state index < -0.39 is 28.7 Å². The summed E-state index contributed by atoms with van der Waals surface area (Å²) in [5, 5.41) is 9.48. The lowest BCUT2D eigenvalue weighted by Gasteiger charge is -2.02. The van der Waals surface area contributed by atoms with Gasteiger partial charge in [-0.3, -0.25) is 4.79 Å². The van der Waals surface area contributed by atoms with Gasteiger partial charge in [0.05, 0.1) is 5.56 Å². The van der Waals surface area contributed by atoms with Crippen LogP contribution in [0.15, 0.2) is 36.4 Å². The predicted octanol–water partition coefficient (Wildman–Crippen LogP) is 3.30. The van der Waals surface area contributed by atoms with Crippen LogP contribution < -0.4 is 9.47 Å². The van der Waals surface area contributed by atoms with Crippen molar-refractivity contribution in [3.8, 4) is 17.2 Å². The molecule has 22 heavy (non-hydrogen) atoms. The van der Waals surface area contributed by atoms with Crippen molar-refractivity contribution in [2.75, 3.05) is 6.79 Å². The Labute approximate surface area is 124 Å². The number of hydrogen-bond donors (Lipinski definition) is 1. The molecule has 2 aromatic carbocycles. The maximum Gasteiger partial charge on any atom is 0.231 e. The molecule has 1 heterocycles. The number of fused-ring (bicyclic) bond motifs is 1. The molecule has 1 N–H and O–H groups in total. The number of allylic oxidation sites excluding steroid dienone is 1. The molecule has 4 nitrogen and oxygen atoms in total. The highest BCUT2D eigenvalue weighted by atomic mass is 19.1. The van der Waals surface area contributed by atoms with E-state index in [1.165, 1.54) is 6.08 Å². The SMILES string of the molecule is O=C(C=Cc1ccc2c(c1)OCO2)c1cc(F)cc(F)c1O. The minimum Gasteiger partial charge on any atom is -0.504 e. The third-order valence-electron chi connectivity index (χ3n) is 3.12. The quantitative estimate of drug-likeness (QED) is 0.698. The molecular weight excluding hydrogens is 294 g/mol. The van der Waals surface area contributed by atoms with Crippen LogP contribution in [0.2, 0.25) is 0 Å². The summed E-state index contributed by atoms with van der Waals surface area (Å²) in [6.07, 6.45) is 2.57. The van der Waals surface area contributed by atoms with Crippen molar-refractivity contribution in [3.05, 3.63) is 59.2 Å². The molecule has 1 aliphatic rings. The first-order valence-electron chi connectivity index (χ1n) is 6.34. The summed E-state index contributed by atoms with van der Waals surface area (Å²) in [4.78, 5) is 11.9. The molecule has 0 radical (unpaired) electrons. The minimum absolute atomic E-state index is 0.137. The van der Waals surface area contributed by atoms with E-state index in [0.29, 0.717) is 23.1 Å². The summed E-state index contributed by atoms with van der Waals surface area (Å²) in [6.45, 7) is 0.137. The number of phenols is 1. The molecule has 0 aromatic heterocycles. The fourth-order valence-electron chi connectivity index (χ4n) is 2.03. The summed E-state index contributed by atoms with van der Waals surface area (Å²) in [5.74, 6) is -2.55. The molecule has 0 atom stereocenters. The Hall–Kier alpha value is -2.89. The molecule has 0 saturated carbocycles. The van der Waals surface area contributed by atoms with Crippen LogP contribution in [-0.4, -0.2) is 17.7 Å². The third kappa shape index (κ3) is 2.63. The number of benzene rings is 2. The Bertz CT molecular complexity index is 784. The highest BCUT2D eigenvalue weighted by Crippen LogP contribution is 2.33. The standard InChI is InChI=1S/C16H10F2O4/c17-10-6-11(16(20)12(18)7-10)13(19)3-1-9-2-4-14-15(5-9)22-8-21-14/h1-7,20H,8H2.